The van der Waals surface area contributed by atoms with E-state index in [1.807, 2.05) is 13.0 Å². The molecule has 0 aromatic carbocycles. The van der Waals surface area contributed by atoms with Gasteiger partial charge in [-0.15, -0.1) is 18.2 Å². The highest BCUT2D eigenvalue weighted by Crippen LogP contribution is 1.87. The van der Waals surface area contributed by atoms with Gasteiger partial charge in [-0.25, -0.2) is 0 Å². The van der Waals surface area contributed by atoms with Gasteiger partial charge in [-0.3, -0.25) is 0 Å². The molecule has 8 heavy (non-hydrogen) atoms. The van der Waals surface area contributed by atoms with Crippen molar-refractivity contribution in [3.05, 3.63) is 12.7 Å². The summed E-state index contributed by atoms with van der Waals surface area (Å²) in [6.07, 6.45) is 1.82. The largest absolute Gasteiger partial charge is 0.312 e. The van der Waals surface area contributed by atoms with Crippen LogP contribution in [0.15, 0.2) is 12.7 Å². The van der Waals surface area contributed by atoms with Gasteiger partial charge in [-0.05, 0) is 6.92 Å². The van der Waals surface area contributed by atoms with Gasteiger partial charge in [-0.2, -0.15) is 0 Å². The lowest BCUT2D eigenvalue weighted by molar-refractivity contribution is 0.735. The number of halogens is 1. The van der Waals surface area contributed by atoms with Crippen LogP contribution in [-0.4, -0.2) is 18.5 Å². The van der Waals surface area contributed by atoms with E-state index < -0.39 is 0 Å². The summed E-state index contributed by atoms with van der Waals surface area (Å²) in [5, 5.41) is 3.30. The predicted molar refractivity (Wildman–Crippen MR) is 38.4 cm³/mol. The summed E-state index contributed by atoms with van der Waals surface area (Å²) in [5.74, 6) is 0. The van der Waals surface area contributed by atoms with E-state index in [-0.39, 0.29) is 5.38 Å². The molecular formula is C6H12ClN. The van der Waals surface area contributed by atoms with E-state index in [4.69, 9.17) is 11.6 Å². The van der Waals surface area contributed by atoms with Gasteiger partial charge < -0.3 is 5.32 Å². The topological polar surface area (TPSA) is 12.0 Å². The third-order valence-corrected chi connectivity index (χ3v) is 0.869. The van der Waals surface area contributed by atoms with Crippen LogP contribution in [-0.2, 0) is 0 Å². The zero-order chi connectivity index (χ0) is 6.41. The van der Waals surface area contributed by atoms with Crippen molar-refractivity contribution in [1.82, 2.24) is 5.32 Å². The Hall–Kier alpha value is -0.0100. The zero-order valence-electron chi connectivity index (χ0n) is 5.15. The number of hydrogen-bond acceptors (Lipinski definition) is 1. The van der Waals surface area contributed by atoms with E-state index in [2.05, 4.69) is 11.9 Å². The van der Waals surface area contributed by atoms with Gasteiger partial charge in [0.25, 0.3) is 0 Å². The van der Waals surface area contributed by atoms with Crippen molar-refractivity contribution in [1.29, 1.82) is 0 Å². The predicted octanol–water partition coefficient (Wildman–Crippen LogP) is 1.39. The van der Waals surface area contributed by atoms with Crippen LogP contribution in [0, 0.1) is 0 Å². The van der Waals surface area contributed by atoms with Crippen LogP contribution in [0.3, 0.4) is 0 Å². The molecule has 0 aliphatic rings. The van der Waals surface area contributed by atoms with Crippen LogP contribution in [0.4, 0.5) is 0 Å². The first kappa shape index (κ1) is 7.99. The highest BCUT2D eigenvalue weighted by molar-refractivity contribution is 6.20. The van der Waals surface area contributed by atoms with Gasteiger partial charge in [0, 0.05) is 18.5 Å². The minimum atomic E-state index is 0.218. The van der Waals surface area contributed by atoms with Crippen LogP contribution in [0.2, 0.25) is 0 Å². The molecule has 0 bridgehead atoms. The number of nitrogens with one attached hydrogen (secondary N) is 1. The van der Waals surface area contributed by atoms with Crippen molar-refractivity contribution < 1.29 is 0 Å². The third kappa shape index (κ3) is 5.99. The first-order valence-corrected chi connectivity index (χ1v) is 3.16. The molecule has 1 unspecified atom stereocenters. The van der Waals surface area contributed by atoms with Crippen LogP contribution in [0.25, 0.3) is 0 Å². The molecule has 0 amide bonds. The Morgan fingerprint density at radius 3 is 2.88 bits per heavy atom. The molecule has 0 fully saturated rings. The normalized spacial score (nSPS) is 13.2. The van der Waals surface area contributed by atoms with E-state index in [1.54, 1.807) is 0 Å². The Labute approximate surface area is 55.7 Å². The summed E-state index contributed by atoms with van der Waals surface area (Å²) in [5.41, 5.74) is 0. The highest BCUT2D eigenvalue weighted by atomic mass is 35.5. The molecule has 0 rings (SSSR count). The summed E-state index contributed by atoms with van der Waals surface area (Å²) < 4.78 is 0. The maximum atomic E-state index is 5.62. The molecule has 2 heteroatoms. The van der Waals surface area contributed by atoms with Crippen LogP contribution in [0.5, 0.6) is 0 Å². The quantitative estimate of drug-likeness (QED) is 0.347. The fourth-order valence-electron chi connectivity index (χ4n) is 0.384. The number of hydrogen-bond donors (Lipinski definition) is 1. The maximum Gasteiger partial charge on any atom is 0.0432 e. The first-order valence-electron chi connectivity index (χ1n) is 2.73. The molecule has 0 spiro atoms. The third-order valence-electron chi connectivity index (χ3n) is 0.714. The number of rotatable bonds is 4. The smallest absolute Gasteiger partial charge is 0.0432 e. The summed E-state index contributed by atoms with van der Waals surface area (Å²) in [6, 6.07) is 0. The van der Waals surface area contributed by atoms with Crippen molar-refractivity contribution in [2.24, 2.45) is 0 Å². The second-order valence-electron chi connectivity index (χ2n) is 1.73. The van der Waals surface area contributed by atoms with E-state index in [0.717, 1.165) is 13.1 Å². The number of alkyl halides is 1. The van der Waals surface area contributed by atoms with Gasteiger partial charge in [0.05, 0.1) is 0 Å². The monoisotopic (exact) mass is 133 g/mol. The molecule has 1 atom stereocenters. The molecule has 0 aliphatic carbocycles. The second kappa shape index (κ2) is 5.13. The lowest BCUT2D eigenvalue weighted by Gasteiger charge is -2.00. The summed E-state index contributed by atoms with van der Waals surface area (Å²) in [6.45, 7) is 7.21. The Morgan fingerprint density at radius 1 is 1.88 bits per heavy atom. The maximum absolute atomic E-state index is 5.62. The van der Waals surface area contributed by atoms with Crippen molar-refractivity contribution in [2.75, 3.05) is 13.1 Å². The average Bonchev–Trinajstić information content (AvgIpc) is 1.66. The Balaban J connectivity index is 2.81. The van der Waals surface area contributed by atoms with Gasteiger partial charge in [0.2, 0.25) is 0 Å². The van der Waals surface area contributed by atoms with Crippen molar-refractivity contribution in [3.63, 3.8) is 0 Å². The van der Waals surface area contributed by atoms with Gasteiger partial charge in [-0.1, -0.05) is 6.08 Å². The average molecular weight is 134 g/mol. The van der Waals surface area contributed by atoms with Crippen molar-refractivity contribution in [3.8, 4) is 0 Å². The second-order valence-corrected chi connectivity index (χ2v) is 2.47. The summed E-state index contributed by atoms with van der Waals surface area (Å²) in [4.78, 5) is 0. The van der Waals surface area contributed by atoms with Crippen LogP contribution in [0.1, 0.15) is 6.92 Å². The highest BCUT2D eigenvalue weighted by Gasteiger charge is 1.90. The standard InChI is InChI=1S/C6H12ClN/c1-3-4-8-5-6(2)7/h3,6,8H,1,4-5H2,2H3. The molecule has 0 aliphatic heterocycles. The lowest BCUT2D eigenvalue weighted by atomic mass is 10.4. The van der Waals surface area contributed by atoms with E-state index in [1.165, 1.54) is 0 Å². The molecule has 1 N–H and O–H groups in total. The minimum Gasteiger partial charge on any atom is -0.312 e. The van der Waals surface area contributed by atoms with Gasteiger partial charge >= 0.3 is 0 Å². The molecule has 0 heterocycles. The lowest BCUT2D eigenvalue weighted by Crippen LogP contribution is -2.20. The van der Waals surface area contributed by atoms with E-state index in [9.17, 15) is 0 Å². The Kier molecular flexibility index (Phi) is 5.13. The molecule has 48 valence electrons. The van der Waals surface area contributed by atoms with Crippen LogP contribution >= 0.6 is 11.6 Å². The minimum absolute atomic E-state index is 0.218. The van der Waals surface area contributed by atoms with Crippen LogP contribution < -0.4 is 5.32 Å². The Morgan fingerprint density at radius 2 is 2.50 bits per heavy atom. The fourth-order valence-corrected chi connectivity index (χ4v) is 0.493. The zero-order valence-corrected chi connectivity index (χ0v) is 5.91. The molecule has 1 nitrogen and oxygen atoms in total. The molecule has 0 saturated heterocycles. The molecule has 0 aromatic heterocycles. The fraction of sp³-hybridized carbons (Fsp3) is 0.667. The van der Waals surface area contributed by atoms with Gasteiger partial charge in [0.15, 0.2) is 0 Å². The van der Waals surface area contributed by atoms with Gasteiger partial charge in [0.1, 0.15) is 0 Å². The first-order chi connectivity index (χ1) is 3.77. The van der Waals surface area contributed by atoms with E-state index in [0.29, 0.717) is 0 Å². The van der Waals surface area contributed by atoms with Crippen molar-refractivity contribution >= 4 is 11.6 Å². The molecular weight excluding hydrogens is 122 g/mol. The molecule has 0 aromatic rings. The molecule has 0 radical (unpaired) electrons. The molecule has 0 saturated carbocycles. The van der Waals surface area contributed by atoms with E-state index >= 15 is 0 Å². The summed E-state index contributed by atoms with van der Waals surface area (Å²) >= 11 is 5.62. The Bertz CT molecular complexity index is 61.5. The van der Waals surface area contributed by atoms with Crippen molar-refractivity contribution in [2.45, 2.75) is 12.3 Å². The summed E-state index contributed by atoms with van der Waals surface area (Å²) in [7, 11) is 0. The SMILES string of the molecule is C=CCNCC(C)Cl.